The van der Waals surface area contributed by atoms with E-state index in [9.17, 15) is 4.79 Å². The van der Waals surface area contributed by atoms with Crippen LogP contribution in [0, 0.1) is 12.8 Å². The van der Waals surface area contributed by atoms with Crippen LogP contribution in [-0.4, -0.2) is 56.1 Å². The van der Waals surface area contributed by atoms with Gasteiger partial charge in [-0.25, -0.2) is 9.97 Å². The van der Waals surface area contributed by atoms with E-state index in [1.807, 2.05) is 38.1 Å². The predicted octanol–water partition coefficient (Wildman–Crippen LogP) is 5.43. The van der Waals surface area contributed by atoms with Gasteiger partial charge in [0.25, 0.3) is 5.56 Å². The number of aryl methyl sites for hydroxylation is 2. The van der Waals surface area contributed by atoms with Crippen molar-refractivity contribution in [2.24, 2.45) is 5.92 Å². The average Bonchev–Trinajstić information content (AvgIpc) is 2.89. The average molecular weight is 532 g/mol. The summed E-state index contributed by atoms with van der Waals surface area (Å²) in [5.74, 6) is 1.32. The molecule has 3 aromatic heterocycles. The Bertz CT molecular complexity index is 1510. The molecule has 0 aliphatic heterocycles. The zero-order chi connectivity index (χ0) is 26.8. The lowest BCUT2D eigenvalue weighted by Gasteiger charge is -2.30. The van der Waals surface area contributed by atoms with Crippen molar-refractivity contribution in [2.75, 3.05) is 26.0 Å². The first-order valence-electron chi connectivity index (χ1n) is 13.2. The minimum atomic E-state index is -0.126. The maximum atomic E-state index is 13.6. The van der Waals surface area contributed by atoms with Crippen molar-refractivity contribution in [3.63, 3.8) is 0 Å². The van der Waals surface area contributed by atoms with Crippen LogP contribution in [0.5, 0.6) is 0 Å². The molecule has 0 unspecified atom stereocenters. The number of aromatic nitrogens is 5. The lowest BCUT2D eigenvalue weighted by Crippen LogP contribution is -2.31. The van der Waals surface area contributed by atoms with Gasteiger partial charge in [-0.2, -0.15) is 4.98 Å². The molecule has 1 aliphatic rings. The van der Waals surface area contributed by atoms with Crippen molar-refractivity contribution >= 4 is 28.6 Å². The molecule has 0 spiro atoms. The molecule has 0 amide bonds. The maximum absolute atomic E-state index is 13.6. The van der Waals surface area contributed by atoms with Gasteiger partial charge in [0.05, 0.1) is 17.6 Å². The molecule has 1 fully saturated rings. The summed E-state index contributed by atoms with van der Waals surface area (Å²) in [5.41, 5.74) is 4.11. The van der Waals surface area contributed by atoms with Crippen LogP contribution < -0.4 is 10.9 Å². The van der Waals surface area contributed by atoms with Crippen molar-refractivity contribution < 1.29 is 0 Å². The van der Waals surface area contributed by atoms with Gasteiger partial charge in [-0.3, -0.25) is 14.3 Å². The Hall–Kier alpha value is -3.36. The molecule has 1 saturated carbocycles. The first kappa shape index (κ1) is 26.3. The van der Waals surface area contributed by atoms with Crippen LogP contribution in [-0.2, 0) is 6.54 Å². The Labute approximate surface area is 228 Å². The molecule has 1 aliphatic carbocycles. The number of rotatable bonds is 7. The maximum Gasteiger partial charge on any atom is 0.260 e. The fourth-order valence-electron chi connectivity index (χ4n) is 5.40. The predicted molar refractivity (Wildman–Crippen MR) is 154 cm³/mol. The number of nitrogens with one attached hydrogen (secondary N) is 1. The van der Waals surface area contributed by atoms with Gasteiger partial charge in [0.15, 0.2) is 0 Å². The van der Waals surface area contributed by atoms with Crippen LogP contribution in [0.1, 0.15) is 38.3 Å². The van der Waals surface area contributed by atoms with Crippen molar-refractivity contribution in [1.82, 2.24) is 29.4 Å². The molecular weight excluding hydrogens is 498 g/mol. The second-order valence-corrected chi connectivity index (χ2v) is 10.9. The van der Waals surface area contributed by atoms with E-state index in [-0.39, 0.29) is 5.56 Å². The van der Waals surface area contributed by atoms with Crippen LogP contribution in [0.25, 0.3) is 33.4 Å². The monoisotopic (exact) mass is 531 g/mol. The van der Waals surface area contributed by atoms with Gasteiger partial charge in [-0.15, -0.1) is 0 Å². The van der Waals surface area contributed by atoms with Crippen LogP contribution in [0.3, 0.4) is 0 Å². The van der Waals surface area contributed by atoms with Crippen LogP contribution in [0.15, 0.2) is 47.7 Å². The Morgan fingerprint density at radius 3 is 2.53 bits per heavy atom. The van der Waals surface area contributed by atoms with Crippen LogP contribution in [0.4, 0.5) is 5.95 Å². The molecule has 5 rings (SSSR count). The number of nitrogens with zero attached hydrogens (tertiary/aromatic N) is 6. The molecule has 38 heavy (non-hydrogen) atoms. The zero-order valence-electron chi connectivity index (χ0n) is 22.4. The summed E-state index contributed by atoms with van der Waals surface area (Å²) in [4.78, 5) is 34.0. The number of pyridine rings is 1. The third kappa shape index (κ3) is 5.56. The second-order valence-electron chi connectivity index (χ2n) is 10.4. The molecule has 8 nitrogen and oxygen atoms in total. The summed E-state index contributed by atoms with van der Waals surface area (Å²) in [7, 11) is 4.27. The molecular formula is C29H34ClN7O. The molecule has 198 valence electrons. The standard InChI is InChI=1S/C29H34ClN7O/c1-5-37-27-21(15-32-29(35-27)34-22-9-6-19(7-10-22)17-36(3)4)12-24(28(37)38)23-11-8-20(13-25(23)30)26-16-31-14-18(2)33-26/h8,11-16,19,22H,5-7,9-10,17H2,1-4H3,(H,32,34,35)/t19-,22-. The number of hydrogen-bond donors (Lipinski definition) is 1. The Morgan fingerprint density at radius 2 is 1.84 bits per heavy atom. The number of fused-ring (bicyclic) bond motifs is 1. The van der Waals surface area contributed by atoms with Gasteiger partial charge >= 0.3 is 0 Å². The van der Waals surface area contributed by atoms with E-state index < -0.39 is 0 Å². The topological polar surface area (TPSA) is 88.8 Å². The number of benzene rings is 1. The first-order valence-corrected chi connectivity index (χ1v) is 13.6. The molecule has 3 heterocycles. The highest BCUT2D eigenvalue weighted by Crippen LogP contribution is 2.32. The smallest absolute Gasteiger partial charge is 0.260 e. The van der Waals surface area contributed by atoms with Gasteiger partial charge in [-0.05, 0) is 71.7 Å². The van der Waals surface area contributed by atoms with E-state index in [2.05, 4.69) is 39.3 Å². The summed E-state index contributed by atoms with van der Waals surface area (Å²) in [6.07, 6.45) is 9.80. The highest BCUT2D eigenvalue weighted by atomic mass is 35.5. The normalized spacial score (nSPS) is 17.7. The summed E-state index contributed by atoms with van der Waals surface area (Å²) in [6, 6.07) is 7.81. The van der Waals surface area contributed by atoms with Crippen LogP contribution in [0.2, 0.25) is 5.02 Å². The fourth-order valence-corrected chi connectivity index (χ4v) is 5.68. The Balaban J connectivity index is 1.42. The van der Waals surface area contributed by atoms with E-state index >= 15 is 0 Å². The first-order chi connectivity index (χ1) is 18.3. The van der Waals surface area contributed by atoms with E-state index in [0.29, 0.717) is 40.3 Å². The van der Waals surface area contributed by atoms with E-state index in [1.54, 1.807) is 23.2 Å². The van der Waals surface area contributed by atoms with Gasteiger partial charge in [-0.1, -0.05) is 23.7 Å². The van der Waals surface area contributed by atoms with Gasteiger partial charge in [0.1, 0.15) is 5.65 Å². The molecule has 1 aromatic carbocycles. The third-order valence-corrected chi connectivity index (χ3v) is 7.57. The Kier molecular flexibility index (Phi) is 7.72. The van der Waals surface area contributed by atoms with Gasteiger partial charge < -0.3 is 10.2 Å². The number of anilines is 1. The molecule has 4 aromatic rings. The van der Waals surface area contributed by atoms with E-state index in [1.165, 1.54) is 12.8 Å². The summed E-state index contributed by atoms with van der Waals surface area (Å²) in [5, 5.41) is 4.79. The van der Waals surface area contributed by atoms with Gasteiger partial charge in [0.2, 0.25) is 5.95 Å². The van der Waals surface area contributed by atoms with E-state index in [0.717, 1.165) is 47.6 Å². The molecule has 0 saturated heterocycles. The second kappa shape index (κ2) is 11.2. The lowest BCUT2D eigenvalue weighted by atomic mass is 9.86. The summed E-state index contributed by atoms with van der Waals surface area (Å²) >= 11 is 6.70. The molecule has 0 atom stereocenters. The van der Waals surface area contributed by atoms with Crippen molar-refractivity contribution in [1.29, 1.82) is 0 Å². The molecule has 0 bridgehead atoms. The SMILES string of the molecule is CCn1c(=O)c(-c2ccc(-c3cncc(C)n3)cc2Cl)cc2cnc(N[C@H]3CC[C@H](CN(C)C)CC3)nc21. The minimum absolute atomic E-state index is 0.126. The summed E-state index contributed by atoms with van der Waals surface area (Å²) < 4.78 is 1.70. The van der Waals surface area contributed by atoms with Crippen molar-refractivity contribution in [3.8, 4) is 22.4 Å². The van der Waals surface area contributed by atoms with Crippen molar-refractivity contribution in [3.05, 3.63) is 63.9 Å². The van der Waals surface area contributed by atoms with E-state index in [4.69, 9.17) is 16.6 Å². The molecule has 9 heteroatoms. The minimum Gasteiger partial charge on any atom is -0.351 e. The molecule has 0 radical (unpaired) electrons. The van der Waals surface area contributed by atoms with Gasteiger partial charge in [0, 0.05) is 58.6 Å². The van der Waals surface area contributed by atoms with Crippen molar-refractivity contribution in [2.45, 2.75) is 52.1 Å². The summed E-state index contributed by atoms with van der Waals surface area (Å²) in [6.45, 7) is 5.47. The number of halogens is 1. The largest absolute Gasteiger partial charge is 0.351 e. The lowest BCUT2D eigenvalue weighted by molar-refractivity contribution is 0.255. The highest BCUT2D eigenvalue weighted by Gasteiger charge is 2.22. The third-order valence-electron chi connectivity index (χ3n) is 7.26. The Morgan fingerprint density at radius 1 is 1.05 bits per heavy atom. The van der Waals surface area contributed by atoms with Crippen LogP contribution >= 0.6 is 11.6 Å². The highest BCUT2D eigenvalue weighted by molar-refractivity contribution is 6.33. The number of hydrogen-bond acceptors (Lipinski definition) is 7. The quantitative estimate of drug-likeness (QED) is 0.340. The zero-order valence-corrected chi connectivity index (χ0v) is 23.2. The molecule has 1 N–H and O–H groups in total. The fraction of sp³-hybridized carbons (Fsp3) is 0.414.